The molecule has 146 valence electrons. The van der Waals surface area contributed by atoms with Crippen molar-refractivity contribution in [3.8, 4) is 0 Å². The van der Waals surface area contributed by atoms with Crippen LogP contribution in [0.4, 0.5) is 5.82 Å². The van der Waals surface area contributed by atoms with E-state index in [1.54, 1.807) is 15.8 Å². The second kappa shape index (κ2) is 8.13. The van der Waals surface area contributed by atoms with Crippen molar-refractivity contribution in [1.82, 2.24) is 19.6 Å². The Labute approximate surface area is 162 Å². The molecular weight excluding hydrogens is 338 g/mol. The Morgan fingerprint density at radius 2 is 1.78 bits per heavy atom. The first-order chi connectivity index (χ1) is 12.9. The summed E-state index contributed by atoms with van der Waals surface area (Å²) in [5, 5.41) is 7.73. The largest absolute Gasteiger partial charge is 0.356 e. The van der Waals surface area contributed by atoms with Gasteiger partial charge in [-0.3, -0.25) is 14.4 Å². The molecule has 0 atom stereocenters. The Kier molecular flexibility index (Phi) is 5.85. The molecule has 1 fully saturated rings. The van der Waals surface area contributed by atoms with Crippen LogP contribution in [0.3, 0.4) is 0 Å². The number of aryl methyl sites for hydroxylation is 2. The van der Waals surface area contributed by atoms with Gasteiger partial charge in [0.2, 0.25) is 5.91 Å². The summed E-state index contributed by atoms with van der Waals surface area (Å²) in [7, 11) is 5.55. The number of anilines is 1. The molecule has 1 aromatic carbocycles. The molecule has 1 amide bonds. The number of hydrogen-bond donors (Lipinski definition) is 1. The monoisotopic (exact) mass is 369 g/mol. The van der Waals surface area contributed by atoms with Gasteiger partial charge in [-0.15, -0.1) is 0 Å². The first kappa shape index (κ1) is 19.4. The summed E-state index contributed by atoms with van der Waals surface area (Å²) in [6.45, 7) is 4.89. The van der Waals surface area contributed by atoms with Gasteiger partial charge in [-0.05, 0) is 30.4 Å². The van der Waals surface area contributed by atoms with E-state index in [1.807, 2.05) is 27.2 Å². The second-order valence-corrected chi connectivity index (χ2v) is 7.69. The zero-order chi connectivity index (χ0) is 19.4. The Bertz CT molecular complexity index is 757. The molecule has 1 saturated heterocycles. The molecule has 2 aromatic rings. The predicted molar refractivity (Wildman–Crippen MR) is 109 cm³/mol. The minimum atomic E-state index is -0.570. The molecule has 1 aliphatic heterocycles. The van der Waals surface area contributed by atoms with E-state index in [4.69, 9.17) is 0 Å². The lowest BCUT2D eigenvalue weighted by atomic mass is 9.85. The average molecular weight is 370 g/mol. The molecule has 0 aliphatic carbocycles. The summed E-state index contributed by atoms with van der Waals surface area (Å²) in [5.74, 6) is 1.02. The third-order valence-corrected chi connectivity index (χ3v) is 5.55. The number of carbonyl (C=O) groups is 1. The van der Waals surface area contributed by atoms with Crippen LogP contribution in [0.5, 0.6) is 0 Å². The van der Waals surface area contributed by atoms with Gasteiger partial charge in [-0.2, -0.15) is 5.10 Å². The summed E-state index contributed by atoms with van der Waals surface area (Å²) in [5.41, 5.74) is 2.13. The summed E-state index contributed by atoms with van der Waals surface area (Å²) in [4.78, 5) is 17.1. The first-order valence-corrected chi connectivity index (χ1v) is 9.71. The number of aromatic nitrogens is 2. The maximum absolute atomic E-state index is 13.0. The molecular formula is C21H31N5O. The molecule has 1 aliphatic rings. The molecule has 6 heteroatoms. The molecule has 1 N–H and O–H groups in total. The number of nitrogens with one attached hydrogen (secondary N) is 1. The highest BCUT2D eigenvalue weighted by atomic mass is 16.2. The van der Waals surface area contributed by atoms with Crippen LogP contribution < -0.4 is 5.32 Å². The Morgan fingerprint density at radius 1 is 1.15 bits per heavy atom. The summed E-state index contributed by atoms with van der Waals surface area (Å²) >= 11 is 0. The van der Waals surface area contributed by atoms with Crippen molar-refractivity contribution in [2.24, 2.45) is 7.05 Å². The van der Waals surface area contributed by atoms with Crippen LogP contribution >= 0.6 is 0 Å². The number of carbonyl (C=O) groups excluding carboxylic acids is 1. The number of amides is 1. The van der Waals surface area contributed by atoms with Crippen LogP contribution in [0.25, 0.3) is 0 Å². The molecule has 0 radical (unpaired) electrons. The van der Waals surface area contributed by atoms with Gasteiger partial charge in [0.1, 0.15) is 11.4 Å². The molecule has 2 heterocycles. The van der Waals surface area contributed by atoms with Crippen molar-refractivity contribution in [3.05, 3.63) is 47.7 Å². The van der Waals surface area contributed by atoms with Crippen LogP contribution in [0, 0.1) is 0 Å². The lowest BCUT2D eigenvalue weighted by Gasteiger charge is -2.42. The maximum atomic E-state index is 13.0. The second-order valence-electron chi connectivity index (χ2n) is 7.69. The molecule has 0 unspecified atom stereocenters. The van der Waals surface area contributed by atoms with E-state index in [2.05, 4.69) is 46.5 Å². The zero-order valence-electron chi connectivity index (χ0n) is 16.9. The smallest absolute Gasteiger partial charge is 0.247 e. The standard InChI is InChI=1S/C21H31N5O/c1-5-17-6-8-18(9-7-17)16-26-14-11-21(12-15-26,20(27)24(2)3)23-19-10-13-22-25(19)4/h6-10,13,23H,5,11-12,14-16H2,1-4H3. The fraction of sp³-hybridized carbons (Fsp3) is 0.524. The van der Waals surface area contributed by atoms with E-state index in [0.717, 1.165) is 44.7 Å². The SMILES string of the molecule is CCc1ccc(CN2CCC(Nc3ccnn3C)(C(=O)N(C)C)CC2)cc1. The highest BCUT2D eigenvalue weighted by Crippen LogP contribution is 2.29. The summed E-state index contributed by atoms with van der Waals surface area (Å²) in [6, 6.07) is 10.8. The van der Waals surface area contributed by atoms with Crippen molar-refractivity contribution in [1.29, 1.82) is 0 Å². The molecule has 1 aromatic heterocycles. The van der Waals surface area contributed by atoms with Gasteiger partial charge >= 0.3 is 0 Å². The third-order valence-electron chi connectivity index (χ3n) is 5.55. The number of rotatable bonds is 6. The quantitative estimate of drug-likeness (QED) is 0.850. The zero-order valence-corrected chi connectivity index (χ0v) is 16.9. The van der Waals surface area contributed by atoms with Gasteiger partial charge in [0.15, 0.2) is 0 Å². The van der Waals surface area contributed by atoms with E-state index < -0.39 is 5.54 Å². The van der Waals surface area contributed by atoms with E-state index in [-0.39, 0.29) is 5.91 Å². The van der Waals surface area contributed by atoms with Gasteiger partial charge in [0.25, 0.3) is 0 Å². The summed E-state index contributed by atoms with van der Waals surface area (Å²) < 4.78 is 1.78. The van der Waals surface area contributed by atoms with Crippen molar-refractivity contribution in [2.75, 3.05) is 32.5 Å². The molecule has 6 nitrogen and oxygen atoms in total. The highest BCUT2D eigenvalue weighted by Gasteiger charge is 2.42. The number of piperidine rings is 1. The summed E-state index contributed by atoms with van der Waals surface area (Å²) in [6.07, 6.45) is 4.38. The van der Waals surface area contributed by atoms with Gasteiger partial charge in [0.05, 0.1) is 6.20 Å². The Balaban J connectivity index is 1.69. The van der Waals surface area contributed by atoms with Crippen LogP contribution in [-0.2, 0) is 24.8 Å². The van der Waals surface area contributed by atoms with Gasteiger partial charge in [0, 0.05) is 46.8 Å². The number of benzene rings is 1. The fourth-order valence-electron chi connectivity index (χ4n) is 3.79. The first-order valence-electron chi connectivity index (χ1n) is 9.71. The van der Waals surface area contributed by atoms with Gasteiger partial charge in [-0.25, -0.2) is 0 Å². The number of likely N-dealkylation sites (N-methyl/N-ethyl adjacent to an activating group) is 1. The van der Waals surface area contributed by atoms with Crippen molar-refractivity contribution in [2.45, 2.75) is 38.3 Å². The molecule has 0 spiro atoms. The van der Waals surface area contributed by atoms with E-state index in [1.165, 1.54) is 11.1 Å². The van der Waals surface area contributed by atoms with E-state index >= 15 is 0 Å². The molecule has 27 heavy (non-hydrogen) atoms. The molecule has 3 rings (SSSR count). The maximum Gasteiger partial charge on any atom is 0.247 e. The molecule has 0 saturated carbocycles. The lowest BCUT2D eigenvalue weighted by Crippen LogP contribution is -2.58. The highest BCUT2D eigenvalue weighted by molar-refractivity contribution is 5.89. The predicted octanol–water partition coefficient (Wildman–Crippen LogP) is 2.52. The topological polar surface area (TPSA) is 53.4 Å². The molecule has 0 bridgehead atoms. The Morgan fingerprint density at radius 3 is 2.30 bits per heavy atom. The minimum Gasteiger partial charge on any atom is -0.356 e. The van der Waals surface area contributed by atoms with E-state index in [9.17, 15) is 4.79 Å². The van der Waals surface area contributed by atoms with E-state index in [0.29, 0.717) is 0 Å². The average Bonchev–Trinajstić information content (AvgIpc) is 3.07. The van der Waals surface area contributed by atoms with Crippen LogP contribution in [-0.4, -0.2) is 58.2 Å². The van der Waals surface area contributed by atoms with Crippen LogP contribution in [0.1, 0.15) is 30.9 Å². The number of likely N-dealkylation sites (tertiary alicyclic amines) is 1. The lowest BCUT2D eigenvalue weighted by molar-refractivity contribution is -0.135. The van der Waals surface area contributed by atoms with Crippen LogP contribution in [0.2, 0.25) is 0 Å². The number of nitrogens with zero attached hydrogens (tertiary/aromatic N) is 4. The third kappa shape index (κ3) is 4.33. The minimum absolute atomic E-state index is 0.135. The Hall–Kier alpha value is -2.34. The fourth-order valence-corrected chi connectivity index (χ4v) is 3.79. The van der Waals surface area contributed by atoms with Gasteiger partial charge < -0.3 is 10.2 Å². The van der Waals surface area contributed by atoms with Crippen molar-refractivity contribution in [3.63, 3.8) is 0 Å². The number of hydrogen-bond acceptors (Lipinski definition) is 4. The van der Waals surface area contributed by atoms with Gasteiger partial charge in [-0.1, -0.05) is 31.2 Å². The van der Waals surface area contributed by atoms with Crippen molar-refractivity contribution < 1.29 is 4.79 Å². The normalized spacial score (nSPS) is 16.9. The van der Waals surface area contributed by atoms with Crippen LogP contribution in [0.15, 0.2) is 36.5 Å². The van der Waals surface area contributed by atoms with Crippen molar-refractivity contribution >= 4 is 11.7 Å².